The Labute approximate surface area is 165 Å². The van der Waals surface area contributed by atoms with Crippen molar-refractivity contribution in [3.8, 4) is 0 Å². The summed E-state index contributed by atoms with van der Waals surface area (Å²) in [6, 6.07) is 8.87. The lowest BCUT2D eigenvalue weighted by atomic mass is 9.80. The molecule has 0 amide bonds. The Kier molecular flexibility index (Phi) is 4.01. The first-order valence-electron chi connectivity index (χ1n) is 10.1. The summed E-state index contributed by atoms with van der Waals surface area (Å²) in [4.78, 5) is 14.2. The van der Waals surface area contributed by atoms with Gasteiger partial charge in [0.1, 0.15) is 5.82 Å². The molecule has 7 heteroatoms. The number of piperidine rings is 1. The number of hydrogen-bond acceptors (Lipinski definition) is 6. The lowest BCUT2D eigenvalue weighted by Crippen LogP contribution is -2.42. The maximum Gasteiger partial charge on any atom is 0.183 e. The molecule has 0 spiro atoms. The predicted octanol–water partition coefficient (Wildman–Crippen LogP) is 3.00. The van der Waals surface area contributed by atoms with E-state index in [0.717, 1.165) is 61.7 Å². The fraction of sp³-hybridized carbons (Fsp3) is 0.476. The second-order valence-electron chi connectivity index (χ2n) is 8.53. The molecule has 0 saturated carbocycles. The number of para-hydroxylation sites is 1. The van der Waals surface area contributed by atoms with Crippen LogP contribution in [0.25, 0.3) is 11.2 Å². The number of nitrogens with one attached hydrogen (secondary N) is 1. The van der Waals surface area contributed by atoms with Crippen LogP contribution in [0.15, 0.2) is 30.5 Å². The van der Waals surface area contributed by atoms with E-state index in [4.69, 9.17) is 15.7 Å². The number of aromatic amines is 1. The van der Waals surface area contributed by atoms with Crippen LogP contribution in [-0.4, -0.2) is 45.8 Å². The maximum absolute atomic E-state index is 5.94. The van der Waals surface area contributed by atoms with E-state index >= 15 is 0 Å². The molecule has 28 heavy (non-hydrogen) atoms. The number of hydrogen-bond donors (Lipinski definition) is 2. The molecule has 2 aliphatic heterocycles. The van der Waals surface area contributed by atoms with Crippen LogP contribution in [0.3, 0.4) is 0 Å². The largest absolute Gasteiger partial charge is 0.355 e. The second kappa shape index (κ2) is 6.44. The molecule has 3 aromatic rings. The second-order valence-corrected chi connectivity index (χ2v) is 8.53. The van der Waals surface area contributed by atoms with Crippen molar-refractivity contribution in [1.82, 2.24) is 20.2 Å². The topological polar surface area (TPSA) is 87.0 Å². The summed E-state index contributed by atoms with van der Waals surface area (Å²) < 4.78 is 0. The zero-order valence-electron chi connectivity index (χ0n) is 16.5. The van der Waals surface area contributed by atoms with Crippen molar-refractivity contribution in [2.75, 3.05) is 29.4 Å². The first kappa shape index (κ1) is 17.4. The van der Waals surface area contributed by atoms with Crippen molar-refractivity contribution < 1.29 is 0 Å². The maximum atomic E-state index is 5.94. The highest BCUT2D eigenvalue weighted by Crippen LogP contribution is 2.39. The lowest BCUT2D eigenvalue weighted by molar-refractivity contribution is 0.258. The number of H-pyrrole nitrogens is 1. The Morgan fingerprint density at radius 3 is 2.82 bits per heavy atom. The van der Waals surface area contributed by atoms with E-state index < -0.39 is 0 Å². The van der Waals surface area contributed by atoms with Crippen molar-refractivity contribution in [1.29, 1.82) is 0 Å². The van der Waals surface area contributed by atoms with Crippen molar-refractivity contribution in [2.24, 2.45) is 11.1 Å². The van der Waals surface area contributed by atoms with Crippen LogP contribution in [0.1, 0.15) is 32.3 Å². The molecule has 0 bridgehead atoms. The minimum absolute atomic E-state index is 0.245. The highest BCUT2D eigenvalue weighted by atomic mass is 15.3. The average molecular weight is 377 g/mol. The van der Waals surface area contributed by atoms with E-state index in [-0.39, 0.29) is 5.41 Å². The highest BCUT2D eigenvalue weighted by molar-refractivity contribution is 5.88. The number of nitrogens with two attached hydrogens (primary N) is 1. The number of rotatable bonds is 3. The minimum Gasteiger partial charge on any atom is -0.355 e. The monoisotopic (exact) mass is 377 g/mol. The van der Waals surface area contributed by atoms with Crippen LogP contribution in [0.5, 0.6) is 0 Å². The number of fused-ring (bicyclic) bond motifs is 2. The van der Waals surface area contributed by atoms with E-state index in [1.54, 1.807) is 0 Å². The summed E-state index contributed by atoms with van der Waals surface area (Å²) in [7, 11) is 0. The van der Waals surface area contributed by atoms with Crippen molar-refractivity contribution in [3.63, 3.8) is 0 Å². The fourth-order valence-electron chi connectivity index (χ4n) is 4.47. The molecule has 2 aliphatic rings. The van der Waals surface area contributed by atoms with Gasteiger partial charge in [0.2, 0.25) is 0 Å². The molecule has 1 atom stereocenters. The molecule has 0 radical (unpaired) electrons. The predicted molar refractivity (Wildman–Crippen MR) is 112 cm³/mol. The van der Waals surface area contributed by atoms with Gasteiger partial charge in [-0.3, -0.25) is 5.10 Å². The molecule has 4 heterocycles. The van der Waals surface area contributed by atoms with E-state index in [2.05, 4.69) is 58.1 Å². The van der Waals surface area contributed by atoms with Crippen molar-refractivity contribution in [3.05, 3.63) is 36.0 Å². The summed E-state index contributed by atoms with van der Waals surface area (Å²) in [6.45, 7) is 7.17. The summed E-state index contributed by atoms with van der Waals surface area (Å²) in [5.41, 5.74) is 10.3. The number of benzene rings is 1. The fourth-order valence-corrected chi connectivity index (χ4v) is 4.47. The standard InChI is InChI=1S/C21H27N7/c1-14-11-15-5-3-4-6-16(15)28(14)20-18-19(25-26-20)24-17(12-23-18)27-9-7-21(2,13-22)8-10-27/h3-6,12,14H,7-11,13,22H2,1-2H3,(H,24,25,26)/t14-/m0/s1. The van der Waals surface area contributed by atoms with Crippen LogP contribution in [0, 0.1) is 5.41 Å². The Morgan fingerprint density at radius 2 is 2.04 bits per heavy atom. The minimum atomic E-state index is 0.245. The molecule has 146 valence electrons. The molecule has 2 aromatic heterocycles. The van der Waals surface area contributed by atoms with Crippen LogP contribution in [-0.2, 0) is 6.42 Å². The summed E-state index contributed by atoms with van der Waals surface area (Å²) in [5, 5.41) is 7.70. The number of aromatic nitrogens is 4. The average Bonchev–Trinajstić information content (AvgIpc) is 3.27. The van der Waals surface area contributed by atoms with Gasteiger partial charge in [0.25, 0.3) is 0 Å². The van der Waals surface area contributed by atoms with E-state index in [9.17, 15) is 0 Å². The van der Waals surface area contributed by atoms with Gasteiger partial charge in [0.15, 0.2) is 17.0 Å². The van der Waals surface area contributed by atoms with Gasteiger partial charge in [0.05, 0.1) is 6.20 Å². The van der Waals surface area contributed by atoms with Gasteiger partial charge in [-0.2, -0.15) is 5.10 Å². The first-order chi connectivity index (χ1) is 13.6. The Balaban J connectivity index is 1.45. The molecule has 0 aliphatic carbocycles. The summed E-state index contributed by atoms with van der Waals surface area (Å²) in [6.07, 6.45) is 5.07. The molecule has 5 rings (SSSR count). The van der Waals surface area contributed by atoms with Crippen molar-refractivity contribution >= 4 is 28.5 Å². The van der Waals surface area contributed by atoms with Gasteiger partial charge in [0, 0.05) is 24.8 Å². The zero-order chi connectivity index (χ0) is 19.3. The van der Waals surface area contributed by atoms with E-state index in [1.807, 2.05) is 6.20 Å². The van der Waals surface area contributed by atoms with Crippen molar-refractivity contribution in [2.45, 2.75) is 39.2 Å². The Hall–Kier alpha value is -2.67. The molecule has 7 nitrogen and oxygen atoms in total. The third-order valence-corrected chi connectivity index (χ3v) is 6.46. The van der Waals surface area contributed by atoms with Gasteiger partial charge in [-0.25, -0.2) is 9.97 Å². The summed E-state index contributed by atoms with van der Waals surface area (Å²) >= 11 is 0. The third-order valence-electron chi connectivity index (χ3n) is 6.46. The van der Waals surface area contributed by atoms with Gasteiger partial charge in [-0.05, 0) is 49.8 Å². The molecule has 0 unspecified atom stereocenters. The molecule has 1 saturated heterocycles. The zero-order valence-corrected chi connectivity index (χ0v) is 16.5. The molecule has 1 aromatic carbocycles. The van der Waals surface area contributed by atoms with E-state index in [0.29, 0.717) is 6.04 Å². The molecular weight excluding hydrogens is 350 g/mol. The van der Waals surface area contributed by atoms with Gasteiger partial charge in [-0.15, -0.1) is 0 Å². The first-order valence-corrected chi connectivity index (χ1v) is 10.1. The normalized spacial score (nSPS) is 21.3. The van der Waals surface area contributed by atoms with Gasteiger partial charge in [-0.1, -0.05) is 25.1 Å². The number of nitrogens with zero attached hydrogens (tertiary/aromatic N) is 5. The molecular formula is C21H27N7. The van der Waals surface area contributed by atoms with E-state index in [1.165, 1.54) is 11.3 Å². The van der Waals surface area contributed by atoms with Gasteiger partial charge < -0.3 is 15.5 Å². The highest BCUT2D eigenvalue weighted by Gasteiger charge is 2.32. The molecule has 3 N–H and O–H groups in total. The van der Waals surface area contributed by atoms with Crippen LogP contribution in [0.4, 0.5) is 17.3 Å². The SMILES string of the molecule is C[C@H]1Cc2ccccc2N1c1n[nH]c2nc(N3CCC(C)(CN)CC3)cnc12. The van der Waals surface area contributed by atoms with Gasteiger partial charge >= 0.3 is 0 Å². The van der Waals surface area contributed by atoms with Crippen LogP contribution >= 0.6 is 0 Å². The number of anilines is 3. The smallest absolute Gasteiger partial charge is 0.183 e. The quantitative estimate of drug-likeness (QED) is 0.730. The van der Waals surface area contributed by atoms with Crippen LogP contribution in [0.2, 0.25) is 0 Å². The summed E-state index contributed by atoms with van der Waals surface area (Å²) in [5.74, 6) is 1.78. The molecule has 1 fully saturated rings. The Bertz CT molecular complexity index is 1000. The third kappa shape index (κ3) is 2.73. The van der Waals surface area contributed by atoms with Crippen LogP contribution < -0.4 is 15.5 Å². The Morgan fingerprint density at radius 1 is 1.25 bits per heavy atom. The lowest BCUT2D eigenvalue weighted by Gasteiger charge is -2.39.